The molecule has 1 aliphatic heterocycles. The molecule has 0 aromatic heterocycles. The number of hydrogen-bond acceptors (Lipinski definition) is 2. The van der Waals surface area contributed by atoms with E-state index >= 15 is 0 Å². The second-order valence-electron chi connectivity index (χ2n) is 3.96. The molecule has 1 heterocycles. The van der Waals surface area contributed by atoms with E-state index in [-0.39, 0.29) is 11.2 Å². The lowest BCUT2D eigenvalue weighted by Crippen LogP contribution is -2.41. The van der Waals surface area contributed by atoms with Gasteiger partial charge >= 0.3 is 7.12 Å². The Kier molecular flexibility index (Phi) is 2.71. The van der Waals surface area contributed by atoms with Crippen molar-refractivity contribution in [2.75, 3.05) is 0 Å². The lowest BCUT2D eigenvalue weighted by molar-refractivity contribution is 0.00578. The molecule has 0 unspecified atom stereocenters. The van der Waals surface area contributed by atoms with E-state index in [1.54, 1.807) is 0 Å². The molecule has 0 atom stereocenters. The second kappa shape index (κ2) is 3.05. The zero-order chi connectivity index (χ0) is 9.57. The van der Waals surface area contributed by atoms with Crippen LogP contribution in [0.15, 0.2) is 0 Å². The van der Waals surface area contributed by atoms with Gasteiger partial charge in [-0.2, -0.15) is 0 Å². The van der Waals surface area contributed by atoms with Crippen LogP contribution in [0.1, 0.15) is 27.7 Å². The third-order valence-electron chi connectivity index (χ3n) is 2.48. The van der Waals surface area contributed by atoms with Crippen LogP contribution in [0.5, 0.6) is 0 Å². The minimum atomic E-state index is -0.633. The molecule has 0 bridgehead atoms. The third-order valence-corrected chi connectivity index (χ3v) is 2.89. The van der Waals surface area contributed by atoms with Crippen LogP contribution < -0.4 is 0 Å². The van der Waals surface area contributed by atoms with Gasteiger partial charge in [-0.3, -0.25) is 0 Å². The van der Waals surface area contributed by atoms with Crippen LogP contribution in [-0.2, 0) is 9.31 Å². The predicted octanol–water partition coefficient (Wildman–Crippen LogP) is 2.42. The van der Waals surface area contributed by atoms with Crippen molar-refractivity contribution in [3.8, 4) is 0 Å². The summed E-state index contributed by atoms with van der Waals surface area (Å²) in [4.78, 5) is 0. The van der Waals surface area contributed by atoms with Crippen LogP contribution in [0.25, 0.3) is 0 Å². The highest BCUT2D eigenvalue weighted by Gasteiger charge is 2.53. The Balaban J connectivity index is 2.74. The molecule has 2 nitrogen and oxygen atoms in total. The summed E-state index contributed by atoms with van der Waals surface area (Å²) in [6.45, 7) is 7.85. The number of rotatable bonds is 1. The molecule has 0 N–H and O–H groups in total. The summed E-state index contributed by atoms with van der Waals surface area (Å²) in [6.07, 6.45) is 0. The fourth-order valence-corrected chi connectivity index (χ4v) is 1.20. The summed E-state index contributed by atoms with van der Waals surface area (Å²) in [5.41, 5.74) is -0.695. The first-order valence-electron chi connectivity index (χ1n) is 3.90. The van der Waals surface area contributed by atoms with Crippen LogP contribution in [0, 0.1) is 0 Å². The Hall–Kier alpha value is 0.565. The number of hydrogen-bond donors (Lipinski definition) is 0. The molecule has 12 heavy (non-hydrogen) atoms. The van der Waals surface area contributed by atoms with Crippen LogP contribution in [0.2, 0.25) is 0 Å². The number of halogens is 2. The maximum absolute atomic E-state index is 5.65. The zero-order valence-corrected chi connectivity index (χ0v) is 9.24. The molecule has 1 fully saturated rings. The van der Waals surface area contributed by atoms with E-state index < -0.39 is 11.9 Å². The maximum Gasteiger partial charge on any atom is 0.493 e. The first kappa shape index (κ1) is 10.6. The fourth-order valence-electron chi connectivity index (χ4n) is 0.992. The Bertz CT molecular complexity index is 166. The van der Waals surface area contributed by atoms with Gasteiger partial charge in [0.25, 0.3) is 0 Å². The van der Waals surface area contributed by atoms with Gasteiger partial charge in [0, 0.05) is 0 Å². The van der Waals surface area contributed by atoms with Crippen molar-refractivity contribution in [3.63, 3.8) is 0 Å². The summed E-state index contributed by atoms with van der Waals surface area (Å²) in [6, 6.07) is 0. The van der Waals surface area contributed by atoms with Crippen molar-refractivity contribution in [2.24, 2.45) is 0 Å². The van der Waals surface area contributed by atoms with Gasteiger partial charge in [-0.15, -0.1) is 23.2 Å². The summed E-state index contributed by atoms with van der Waals surface area (Å²) in [5, 5.41) is 0. The topological polar surface area (TPSA) is 18.5 Å². The SMILES string of the molecule is CC1(C)OB(C(Cl)Cl)OC1(C)C. The first-order valence-corrected chi connectivity index (χ1v) is 4.77. The Morgan fingerprint density at radius 1 is 1.00 bits per heavy atom. The monoisotopic (exact) mass is 210 g/mol. The third kappa shape index (κ3) is 1.74. The summed E-state index contributed by atoms with van der Waals surface area (Å²) in [7, 11) is -0.515. The molecule has 0 aromatic carbocycles. The van der Waals surface area contributed by atoms with E-state index in [1.807, 2.05) is 27.7 Å². The van der Waals surface area contributed by atoms with Crippen LogP contribution >= 0.6 is 23.2 Å². The molecule has 0 saturated carbocycles. The Labute approximate surface area is 83.6 Å². The van der Waals surface area contributed by atoms with Gasteiger partial charge in [-0.1, -0.05) is 0 Å². The Morgan fingerprint density at radius 2 is 1.33 bits per heavy atom. The predicted molar refractivity (Wildman–Crippen MR) is 51.6 cm³/mol. The van der Waals surface area contributed by atoms with E-state index in [9.17, 15) is 0 Å². The molecule has 1 rings (SSSR count). The molecular weight excluding hydrogens is 198 g/mol. The van der Waals surface area contributed by atoms with Gasteiger partial charge < -0.3 is 9.31 Å². The largest absolute Gasteiger partial charge is 0.493 e. The van der Waals surface area contributed by atoms with Gasteiger partial charge in [0.1, 0.15) is 4.74 Å². The standard InChI is InChI=1S/C7H13BCl2O2/c1-6(2)7(3,4)12-8(11-6)5(9)10/h5H,1-4H3. The fraction of sp³-hybridized carbons (Fsp3) is 1.00. The lowest BCUT2D eigenvalue weighted by Gasteiger charge is -2.32. The smallest absolute Gasteiger partial charge is 0.401 e. The average molecular weight is 211 g/mol. The van der Waals surface area contributed by atoms with Gasteiger partial charge in [0.05, 0.1) is 11.2 Å². The molecule has 0 radical (unpaired) electrons. The molecule has 5 heteroatoms. The molecule has 0 aromatic rings. The van der Waals surface area contributed by atoms with Crippen LogP contribution in [-0.4, -0.2) is 23.1 Å². The molecule has 0 aliphatic carbocycles. The van der Waals surface area contributed by atoms with Gasteiger partial charge in [0.15, 0.2) is 0 Å². The van der Waals surface area contributed by atoms with E-state index in [2.05, 4.69) is 0 Å². The van der Waals surface area contributed by atoms with Crippen LogP contribution in [0.3, 0.4) is 0 Å². The van der Waals surface area contributed by atoms with E-state index in [1.165, 1.54) is 0 Å². The average Bonchev–Trinajstić information content (AvgIpc) is 2.03. The second-order valence-corrected chi connectivity index (χ2v) is 5.12. The molecule has 1 aliphatic rings. The minimum absolute atomic E-state index is 0.348. The maximum atomic E-state index is 5.65. The van der Waals surface area contributed by atoms with E-state index in [0.29, 0.717) is 0 Å². The molecule has 0 amide bonds. The molecule has 0 spiro atoms. The molecule has 70 valence electrons. The highest BCUT2D eigenvalue weighted by Crippen LogP contribution is 2.38. The minimum Gasteiger partial charge on any atom is -0.401 e. The van der Waals surface area contributed by atoms with Gasteiger partial charge in [0.2, 0.25) is 0 Å². The van der Waals surface area contributed by atoms with Crippen molar-refractivity contribution in [1.29, 1.82) is 0 Å². The van der Waals surface area contributed by atoms with Crippen molar-refractivity contribution in [1.82, 2.24) is 0 Å². The lowest BCUT2D eigenvalue weighted by atomic mass is 9.90. The normalized spacial score (nSPS) is 26.8. The zero-order valence-electron chi connectivity index (χ0n) is 7.73. The van der Waals surface area contributed by atoms with Gasteiger partial charge in [-0.05, 0) is 27.7 Å². The van der Waals surface area contributed by atoms with Gasteiger partial charge in [-0.25, -0.2) is 0 Å². The summed E-state index contributed by atoms with van der Waals surface area (Å²) >= 11 is 11.3. The summed E-state index contributed by atoms with van der Waals surface area (Å²) < 4.78 is 10.4. The Morgan fingerprint density at radius 3 is 1.50 bits per heavy atom. The highest BCUT2D eigenvalue weighted by molar-refractivity contribution is 6.73. The van der Waals surface area contributed by atoms with Crippen molar-refractivity contribution >= 4 is 30.3 Å². The van der Waals surface area contributed by atoms with Crippen molar-refractivity contribution in [3.05, 3.63) is 0 Å². The number of alkyl halides is 2. The van der Waals surface area contributed by atoms with Crippen molar-refractivity contribution < 1.29 is 9.31 Å². The van der Waals surface area contributed by atoms with E-state index in [4.69, 9.17) is 32.5 Å². The highest BCUT2D eigenvalue weighted by atomic mass is 35.5. The van der Waals surface area contributed by atoms with Crippen molar-refractivity contribution in [2.45, 2.75) is 43.6 Å². The quantitative estimate of drug-likeness (QED) is 0.489. The van der Waals surface area contributed by atoms with Crippen LogP contribution in [0.4, 0.5) is 0 Å². The molecular formula is C7H13BCl2O2. The summed E-state index contributed by atoms with van der Waals surface area (Å²) in [5.74, 6) is 0. The first-order chi connectivity index (χ1) is 5.26. The van der Waals surface area contributed by atoms with E-state index in [0.717, 1.165) is 0 Å². The molecule has 1 saturated heterocycles.